The van der Waals surface area contributed by atoms with Crippen LogP contribution in [0.3, 0.4) is 0 Å². The number of ether oxygens (including phenoxy) is 1. The highest BCUT2D eigenvalue weighted by Crippen LogP contribution is 2.33. The number of thioether (sulfide) groups is 1. The van der Waals surface area contributed by atoms with Crippen LogP contribution in [0, 0.1) is 0 Å². The molecule has 3 aromatic rings. The van der Waals surface area contributed by atoms with Crippen LogP contribution in [0.2, 0.25) is 10.0 Å². The Morgan fingerprint density at radius 2 is 1.91 bits per heavy atom. The number of halogens is 2. The highest BCUT2D eigenvalue weighted by molar-refractivity contribution is 8.00. The fraction of sp³-hybridized carbons (Fsp3) is 0.304. The summed E-state index contributed by atoms with van der Waals surface area (Å²) in [6, 6.07) is 12.4. The summed E-state index contributed by atoms with van der Waals surface area (Å²) in [7, 11) is 0. The number of benzene rings is 2. The van der Waals surface area contributed by atoms with E-state index >= 15 is 0 Å². The number of carbonyl (C=O) groups is 2. The smallest absolute Gasteiger partial charge is 0.355 e. The maximum atomic E-state index is 13.6. The van der Waals surface area contributed by atoms with Crippen LogP contribution >= 0.6 is 35.0 Å². The lowest BCUT2D eigenvalue weighted by Crippen LogP contribution is -2.49. The van der Waals surface area contributed by atoms with E-state index in [0.717, 1.165) is 17.3 Å². The van der Waals surface area contributed by atoms with E-state index in [1.165, 1.54) is 4.90 Å². The number of carbonyl (C=O) groups excluding carboxylic acids is 2. The van der Waals surface area contributed by atoms with E-state index in [1.54, 1.807) is 41.8 Å². The summed E-state index contributed by atoms with van der Waals surface area (Å²) in [5.74, 6) is -0.743. The van der Waals surface area contributed by atoms with E-state index in [9.17, 15) is 19.8 Å². The van der Waals surface area contributed by atoms with E-state index in [-0.39, 0.29) is 31.0 Å². The van der Waals surface area contributed by atoms with E-state index in [4.69, 9.17) is 27.9 Å². The third-order valence-corrected chi connectivity index (χ3v) is 7.07. The predicted molar refractivity (Wildman–Crippen MR) is 129 cm³/mol. The predicted octanol–water partition coefficient (Wildman–Crippen LogP) is 4.00. The minimum Gasteiger partial charge on any atom is -0.461 e. The molecule has 0 radical (unpaired) electrons. The fourth-order valence-corrected chi connectivity index (χ4v) is 5.15. The number of aliphatic hydroxyl groups is 2. The van der Waals surface area contributed by atoms with Crippen molar-refractivity contribution in [3.63, 3.8) is 0 Å². The first-order valence-corrected chi connectivity index (χ1v) is 12.1. The summed E-state index contributed by atoms with van der Waals surface area (Å²) in [4.78, 5) is 28.1. The molecule has 2 heterocycles. The van der Waals surface area contributed by atoms with Crippen molar-refractivity contribution >= 4 is 57.7 Å². The summed E-state index contributed by atoms with van der Waals surface area (Å²) >= 11 is 13.2. The zero-order valence-corrected chi connectivity index (χ0v) is 20.1. The minimum absolute atomic E-state index is 0.105. The van der Waals surface area contributed by atoms with Gasteiger partial charge in [0.2, 0.25) is 5.12 Å². The topological polar surface area (TPSA) is 92.0 Å². The maximum Gasteiger partial charge on any atom is 0.355 e. The lowest BCUT2D eigenvalue weighted by molar-refractivity contribution is -0.0932. The Morgan fingerprint density at radius 3 is 2.61 bits per heavy atom. The van der Waals surface area contributed by atoms with Crippen LogP contribution in [0.1, 0.15) is 33.3 Å². The molecule has 0 aliphatic carbocycles. The van der Waals surface area contributed by atoms with Gasteiger partial charge in [-0.15, -0.1) is 0 Å². The Hall–Kier alpha value is -2.23. The van der Waals surface area contributed by atoms with Crippen molar-refractivity contribution in [3.8, 4) is 0 Å². The lowest BCUT2D eigenvalue weighted by atomic mass is 10.1. The van der Waals surface area contributed by atoms with Crippen molar-refractivity contribution in [2.75, 3.05) is 25.4 Å². The number of β-amino-alcohol motifs (C(OH)–C–C–N with tert-alkyl or cyclic N) is 2. The summed E-state index contributed by atoms with van der Waals surface area (Å²) in [6.45, 7) is 2.13. The molecule has 0 saturated carbocycles. The van der Waals surface area contributed by atoms with Crippen LogP contribution in [0.25, 0.3) is 10.9 Å². The molecule has 1 aromatic heterocycles. The third-order valence-electron chi connectivity index (χ3n) is 5.36. The lowest BCUT2D eigenvalue weighted by Gasteiger charge is -2.34. The molecule has 1 aliphatic rings. The molecule has 0 unspecified atom stereocenters. The number of para-hydroxylation sites is 1. The van der Waals surface area contributed by atoms with Gasteiger partial charge in [0.15, 0.2) is 0 Å². The van der Waals surface area contributed by atoms with Gasteiger partial charge in [-0.2, -0.15) is 0 Å². The zero-order chi connectivity index (χ0) is 23.8. The monoisotopic (exact) mass is 508 g/mol. The van der Waals surface area contributed by atoms with Gasteiger partial charge in [-0.3, -0.25) is 4.79 Å². The van der Waals surface area contributed by atoms with Crippen molar-refractivity contribution in [1.82, 2.24) is 9.47 Å². The van der Waals surface area contributed by atoms with Crippen LogP contribution in [-0.4, -0.2) is 62.1 Å². The average Bonchev–Trinajstić information content (AvgIpc) is 3.09. The average molecular weight is 509 g/mol. The molecular formula is C23H22Cl2N2O5S. The number of hydrogen-bond acceptors (Lipinski definition) is 6. The van der Waals surface area contributed by atoms with Crippen molar-refractivity contribution in [1.29, 1.82) is 0 Å². The standard InChI is InChI=1S/C23H22Cl2N2O5S/c1-2-32-22(29)20-19(21(28)26-9-10-33-23(30,31)13-26)15-5-3-4-6-18(15)27(20)12-14-7-8-16(24)17(25)11-14/h3-8,11,30-31H,2,9-10,12-13H2,1H3. The summed E-state index contributed by atoms with van der Waals surface area (Å²) < 4.78 is 7.04. The summed E-state index contributed by atoms with van der Waals surface area (Å²) in [6.07, 6.45) is 0. The number of amides is 1. The number of nitrogens with zero attached hydrogens (tertiary/aromatic N) is 2. The van der Waals surface area contributed by atoms with Gasteiger partial charge in [0.25, 0.3) is 5.91 Å². The second-order valence-corrected chi connectivity index (χ2v) is 9.78. The van der Waals surface area contributed by atoms with Gasteiger partial charge >= 0.3 is 5.97 Å². The summed E-state index contributed by atoms with van der Waals surface area (Å²) in [5.41, 5.74) is 1.73. The molecule has 33 heavy (non-hydrogen) atoms. The van der Waals surface area contributed by atoms with Gasteiger partial charge in [0.1, 0.15) is 5.69 Å². The van der Waals surface area contributed by atoms with Crippen LogP contribution < -0.4 is 0 Å². The second-order valence-electron chi connectivity index (χ2n) is 7.61. The summed E-state index contributed by atoms with van der Waals surface area (Å²) in [5, 5.41) is 19.5. The van der Waals surface area contributed by atoms with Crippen LogP contribution in [0.4, 0.5) is 0 Å². The molecular weight excluding hydrogens is 487 g/mol. The molecule has 1 amide bonds. The molecule has 2 N–H and O–H groups in total. The zero-order valence-electron chi connectivity index (χ0n) is 17.8. The van der Waals surface area contributed by atoms with E-state index in [2.05, 4.69) is 0 Å². The normalized spacial score (nSPS) is 15.6. The maximum absolute atomic E-state index is 13.6. The van der Waals surface area contributed by atoms with Crippen molar-refractivity contribution in [2.45, 2.75) is 18.6 Å². The quantitative estimate of drug-likeness (QED) is 0.399. The number of fused-ring (bicyclic) bond motifs is 1. The molecule has 0 bridgehead atoms. The number of hydrogen-bond donors (Lipinski definition) is 2. The molecule has 7 nitrogen and oxygen atoms in total. The van der Waals surface area contributed by atoms with Gasteiger partial charge < -0.3 is 24.4 Å². The van der Waals surface area contributed by atoms with Gasteiger partial charge in [-0.1, -0.05) is 59.2 Å². The highest BCUT2D eigenvalue weighted by Gasteiger charge is 2.37. The van der Waals surface area contributed by atoms with Gasteiger partial charge in [0.05, 0.1) is 28.8 Å². The van der Waals surface area contributed by atoms with E-state index < -0.39 is 17.0 Å². The molecule has 2 aromatic carbocycles. The minimum atomic E-state index is -2.05. The van der Waals surface area contributed by atoms with Gasteiger partial charge in [0, 0.05) is 29.7 Å². The first kappa shape index (κ1) is 23.9. The molecule has 10 heteroatoms. The Morgan fingerprint density at radius 1 is 1.15 bits per heavy atom. The van der Waals surface area contributed by atoms with E-state index in [1.807, 2.05) is 12.1 Å². The largest absolute Gasteiger partial charge is 0.461 e. The first-order valence-electron chi connectivity index (χ1n) is 10.3. The molecule has 0 spiro atoms. The number of aromatic nitrogens is 1. The van der Waals surface area contributed by atoms with Crippen LogP contribution in [0.15, 0.2) is 42.5 Å². The van der Waals surface area contributed by atoms with Crippen LogP contribution in [0.5, 0.6) is 0 Å². The third kappa shape index (κ3) is 4.85. The fourth-order valence-electron chi connectivity index (χ4n) is 3.94. The molecule has 1 aliphatic heterocycles. The van der Waals surface area contributed by atoms with E-state index in [0.29, 0.717) is 33.2 Å². The van der Waals surface area contributed by atoms with Crippen molar-refractivity contribution in [2.24, 2.45) is 0 Å². The van der Waals surface area contributed by atoms with Crippen molar-refractivity contribution < 1.29 is 24.5 Å². The second kappa shape index (κ2) is 9.56. The number of esters is 1. The molecule has 1 fully saturated rings. The van der Waals surface area contributed by atoms with Gasteiger partial charge in [-0.25, -0.2) is 4.79 Å². The Balaban J connectivity index is 1.88. The van der Waals surface area contributed by atoms with Crippen LogP contribution in [-0.2, 0) is 11.3 Å². The number of rotatable bonds is 5. The molecule has 0 atom stereocenters. The SMILES string of the molecule is CCOC(=O)c1c(C(=O)N2CCSC(O)(O)C2)c2ccccc2n1Cc1ccc(Cl)c(Cl)c1. The Kier molecular flexibility index (Phi) is 6.93. The van der Waals surface area contributed by atoms with Crippen molar-refractivity contribution in [3.05, 3.63) is 69.3 Å². The molecule has 4 rings (SSSR count). The molecule has 174 valence electrons. The Labute approximate surface area is 204 Å². The van der Waals surface area contributed by atoms with Gasteiger partial charge in [-0.05, 0) is 30.7 Å². The molecule has 1 saturated heterocycles. The first-order chi connectivity index (χ1) is 15.7. The Bertz CT molecular complexity index is 1230. The highest BCUT2D eigenvalue weighted by atomic mass is 35.5.